The van der Waals surface area contributed by atoms with Crippen LogP contribution in [0.5, 0.6) is 0 Å². The van der Waals surface area contributed by atoms with E-state index < -0.39 is 11.5 Å². The Morgan fingerprint density at radius 3 is 2.67 bits per heavy atom. The first-order chi connectivity index (χ1) is 11.5. The van der Waals surface area contributed by atoms with Crippen LogP contribution in [-0.4, -0.2) is 10.9 Å². The zero-order valence-corrected chi connectivity index (χ0v) is 13.3. The highest BCUT2D eigenvalue weighted by Crippen LogP contribution is 2.21. The molecule has 0 saturated heterocycles. The Bertz CT molecular complexity index is 1030. The number of aromatic amines is 1. The monoisotopic (exact) mass is 324 g/mol. The third-order valence-electron chi connectivity index (χ3n) is 3.97. The van der Waals surface area contributed by atoms with Gasteiger partial charge < -0.3 is 14.7 Å². The van der Waals surface area contributed by atoms with Gasteiger partial charge in [0.1, 0.15) is 6.26 Å². The van der Waals surface area contributed by atoms with Crippen LogP contribution in [0.3, 0.4) is 0 Å². The number of anilines is 1. The van der Waals surface area contributed by atoms with Gasteiger partial charge in [-0.3, -0.25) is 9.59 Å². The summed E-state index contributed by atoms with van der Waals surface area (Å²) in [5, 5.41) is 3.65. The van der Waals surface area contributed by atoms with Crippen LogP contribution in [0.15, 0.2) is 50.6 Å². The summed E-state index contributed by atoms with van der Waals surface area (Å²) in [5.41, 5.74) is 2.51. The molecule has 0 aliphatic heterocycles. The number of rotatable bonds is 3. The van der Waals surface area contributed by atoms with Crippen molar-refractivity contribution in [1.82, 2.24) is 4.98 Å². The third-order valence-corrected chi connectivity index (χ3v) is 3.97. The number of carbonyl (C=O) groups is 1. The summed E-state index contributed by atoms with van der Waals surface area (Å²) in [4.78, 5) is 38.0. The van der Waals surface area contributed by atoms with Crippen LogP contribution in [0, 0.1) is 6.92 Å². The van der Waals surface area contributed by atoms with E-state index in [4.69, 9.17) is 0 Å². The third kappa shape index (κ3) is 2.86. The van der Waals surface area contributed by atoms with Gasteiger partial charge in [-0.25, -0.2) is 4.79 Å². The Balaban J connectivity index is 1.96. The molecule has 0 aliphatic carbocycles. The van der Waals surface area contributed by atoms with Gasteiger partial charge in [0.25, 0.3) is 11.5 Å². The number of benzene rings is 1. The number of aryl methyl sites for hydroxylation is 1. The van der Waals surface area contributed by atoms with Crippen LogP contribution in [0.25, 0.3) is 10.9 Å². The van der Waals surface area contributed by atoms with Gasteiger partial charge in [-0.05, 0) is 37.1 Å². The molecule has 6 heteroatoms. The molecule has 0 saturated carbocycles. The van der Waals surface area contributed by atoms with Crippen molar-refractivity contribution in [2.45, 2.75) is 20.3 Å². The lowest BCUT2D eigenvalue weighted by Gasteiger charge is -2.10. The highest BCUT2D eigenvalue weighted by atomic mass is 16.4. The summed E-state index contributed by atoms with van der Waals surface area (Å²) in [6.07, 6.45) is 1.77. The summed E-state index contributed by atoms with van der Waals surface area (Å²) < 4.78 is 4.68. The minimum Gasteiger partial charge on any atom is -0.430 e. The molecular formula is C18H16N2O4. The highest BCUT2D eigenvalue weighted by molar-refractivity contribution is 6.04. The second kappa shape index (κ2) is 6.16. The molecule has 0 aliphatic rings. The largest absolute Gasteiger partial charge is 0.430 e. The van der Waals surface area contributed by atoms with E-state index in [1.54, 1.807) is 12.1 Å². The Hall–Kier alpha value is -3.15. The molecule has 2 heterocycles. The average Bonchev–Trinajstić information content (AvgIpc) is 2.55. The molecular weight excluding hydrogens is 308 g/mol. The molecule has 0 spiro atoms. The van der Waals surface area contributed by atoms with Crippen molar-refractivity contribution in [3.05, 3.63) is 74.1 Å². The fourth-order valence-corrected chi connectivity index (χ4v) is 2.70. The topological polar surface area (TPSA) is 92.2 Å². The molecule has 1 amide bonds. The standard InChI is InChI=1S/C18H16N2O4/c1-3-13-10(2)14-6-5-12(8-15(14)20-18(13)23)19-17(22)11-4-7-16(21)24-9-11/h4-9H,3H2,1-2H3,(H,19,22)(H,20,23). The number of hydrogen-bond acceptors (Lipinski definition) is 4. The summed E-state index contributed by atoms with van der Waals surface area (Å²) >= 11 is 0. The molecule has 0 radical (unpaired) electrons. The number of aromatic nitrogens is 1. The first-order valence-electron chi connectivity index (χ1n) is 7.55. The predicted octanol–water partition coefficient (Wildman–Crippen LogP) is 2.60. The molecule has 24 heavy (non-hydrogen) atoms. The quantitative estimate of drug-likeness (QED) is 0.774. The van der Waals surface area contributed by atoms with E-state index >= 15 is 0 Å². The van der Waals surface area contributed by atoms with Crippen LogP contribution in [0.1, 0.15) is 28.4 Å². The van der Waals surface area contributed by atoms with Gasteiger partial charge in [0, 0.05) is 22.7 Å². The Morgan fingerprint density at radius 1 is 1.21 bits per heavy atom. The maximum absolute atomic E-state index is 12.2. The first-order valence-corrected chi connectivity index (χ1v) is 7.55. The molecule has 0 unspecified atom stereocenters. The molecule has 122 valence electrons. The maximum Gasteiger partial charge on any atom is 0.335 e. The Labute approximate surface area is 137 Å². The molecule has 0 fully saturated rings. The second-order valence-electron chi connectivity index (χ2n) is 5.47. The number of fused-ring (bicyclic) bond motifs is 1. The molecule has 6 nitrogen and oxygen atoms in total. The van der Waals surface area contributed by atoms with Gasteiger partial charge in [0.05, 0.1) is 11.1 Å². The summed E-state index contributed by atoms with van der Waals surface area (Å²) in [7, 11) is 0. The van der Waals surface area contributed by atoms with Crippen molar-refractivity contribution in [3.8, 4) is 0 Å². The summed E-state index contributed by atoms with van der Waals surface area (Å²) in [6.45, 7) is 3.86. The number of nitrogens with one attached hydrogen (secondary N) is 2. The maximum atomic E-state index is 12.2. The molecule has 2 N–H and O–H groups in total. The van der Waals surface area contributed by atoms with E-state index in [9.17, 15) is 14.4 Å². The molecule has 1 aromatic carbocycles. The smallest absolute Gasteiger partial charge is 0.335 e. The number of hydrogen-bond donors (Lipinski definition) is 2. The molecule has 3 rings (SSSR count). The SMILES string of the molecule is CCc1c(C)c2ccc(NC(=O)c3ccc(=O)oc3)cc2[nH]c1=O. The van der Waals surface area contributed by atoms with E-state index in [1.165, 1.54) is 12.1 Å². The summed E-state index contributed by atoms with van der Waals surface area (Å²) in [6, 6.07) is 7.91. The number of pyridine rings is 1. The van der Waals surface area contributed by atoms with Gasteiger partial charge in [0.15, 0.2) is 0 Å². The lowest BCUT2D eigenvalue weighted by molar-refractivity contribution is 0.102. The zero-order valence-electron chi connectivity index (χ0n) is 13.3. The van der Waals surface area contributed by atoms with E-state index in [0.29, 0.717) is 17.6 Å². The van der Waals surface area contributed by atoms with Crippen molar-refractivity contribution in [3.63, 3.8) is 0 Å². The van der Waals surface area contributed by atoms with Gasteiger partial charge in [-0.2, -0.15) is 0 Å². The fraction of sp³-hybridized carbons (Fsp3) is 0.167. The second-order valence-corrected chi connectivity index (χ2v) is 5.47. The minimum atomic E-state index is -0.517. The molecule has 3 aromatic rings. The summed E-state index contributed by atoms with van der Waals surface area (Å²) in [5.74, 6) is -0.401. The Kier molecular flexibility index (Phi) is 4.04. The van der Waals surface area contributed by atoms with Gasteiger partial charge in [-0.1, -0.05) is 13.0 Å². The van der Waals surface area contributed by atoms with Crippen LogP contribution in [-0.2, 0) is 6.42 Å². The zero-order chi connectivity index (χ0) is 17.3. The van der Waals surface area contributed by atoms with Crippen LogP contribution < -0.4 is 16.5 Å². The number of H-pyrrole nitrogens is 1. The first kappa shape index (κ1) is 15.7. The van der Waals surface area contributed by atoms with Gasteiger partial charge >= 0.3 is 5.63 Å². The highest BCUT2D eigenvalue weighted by Gasteiger charge is 2.10. The molecule has 0 atom stereocenters. The van der Waals surface area contributed by atoms with Crippen molar-refractivity contribution in [2.24, 2.45) is 0 Å². The minimum absolute atomic E-state index is 0.115. The number of carbonyl (C=O) groups excluding carboxylic acids is 1. The van der Waals surface area contributed by atoms with Gasteiger partial charge in [-0.15, -0.1) is 0 Å². The molecule has 2 aromatic heterocycles. The van der Waals surface area contributed by atoms with Crippen LogP contribution >= 0.6 is 0 Å². The number of amides is 1. The lowest BCUT2D eigenvalue weighted by atomic mass is 10.0. The van der Waals surface area contributed by atoms with Gasteiger partial charge in [0.2, 0.25) is 0 Å². The van der Waals surface area contributed by atoms with Crippen molar-refractivity contribution in [2.75, 3.05) is 5.32 Å². The molecule has 0 bridgehead atoms. The van der Waals surface area contributed by atoms with Crippen LogP contribution in [0.2, 0.25) is 0 Å². The van der Waals surface area contributed by atoms with Crippen LogP contribution in [0.4, 0.5) is 5.69 Å². The predicted molar refractivity (Wildman–Crippen MR) is 91.6 cm³/mol. The van der Waals surface area contributed by atoms with Crippen molar-refractivity contribution < 1.29 is 9.21 Å². The normalized spacial score (nSPS) is 10.8. The van der Waals surface area contributed by atoms with Crippen molar-refractivity contribution in [1.29, 1.82) is 0 Å². The van der Waals surface area contributed by atoms with E-state index in [1.807, 2.05) is 19.9 Å². The Morgan fingerprint density at radius 2 is 2.00 bits per heavy atom. The van der Waals surface area contributed by atoms with Crippen molar-refractivity contribution >= 4 is 22.5 Å². The van der Waals surface area contributed by atoms with E-state index in [0.717, 1.165) is 22.8 Å². The lowest BCUT2D eigenvalue weighted by Crippen LogP contribution is -2.15. The average molecular weight is 324 g/mol. The van der Waals surface area contributed by atoms with E-state index in [2.05, 4.69) is 14.7 Å². The van der Waals surface area contributed by atoms with E-state index in [-0.39, 0.29) is 11.1 Å². The fourth-order valence-electron chi connectivity index (χ4n) is 2.70.